The molecular formula is C17H18ClFO. The second-order valence-electron chi connectivity index (χ2n) is 5.16. The van der Waals surface area contributed by atoms with Crippen LogP contribution in [-0.4, -0.2) is 11.7 Å². The van der Waals surface area contributed by atoms with Crippen LogP contribution in [0.2, 0.25) is 5.02 Å². The lowest BCUT2D eigenvalue weighted by atomic mass is 9.92. The Hall–Kier alpha value is -1.38. The van der Waals surface area contributed by atoms with Crippen molar-refractivity contribution in [1.29, 1.82) is 0 Å². The minimum absolute atomic E-state index is 0.00864. The first-order valence-corrected chi connectivity index (χ1v) is 7.07. The highest BCUT2D eigenvalue weighted by Gasteiger charge is 2.14. The van der Waals surface area contributed by atoms with Crippen LogP contribution in [0, 0.1) is 18.7 Å². The average molecular weight is 293 g/mol. The second kappa shape index (κ2) is 6.87. The van der Waals surface area contributed by atoms with Crippen LogP contribution in [0.3, 0.4) is 0 Å². The molecule has 1 nitrogen and oxygen atoms in total. The molecule has 1 unspecified atom stereocenters. The molecule has 0 aliphatic heterocycles. The van der Waals surface area contributed by atoms with Gasteiger partial charge in [0.05, 0.1) is 5.02 Å². The number of hydrogen-bond acceptors (Lipinski definition) is 1. The summed E-state index contributed by atoms with van der Waals surface area (Å²) < 4.78 is 13.9. The van der Waals surface area contributed by atoms with Gasteiger partial charge in [0.25, 0.3) is 0 Å². The summed E-state index contributed by atoms with van der Waals surface area (Å²) in [5.41, 5.74) is 2.91. The van der Waals surface area contributed by atoms with Gasteiger partial charge in [-0.2, -0.15) is 0 Å². The standard InChI is InChI=1S/C17H18ClFO/c1-12-5-7-13(8-6-12)9-14(11-20)10-15-3-2-4-16(18)17(15)19/h2-8,14,20H,9-11H2,1H3. The number of rotatable bonds is 5. The first kappa shape index (κ1) is 15.0. The van der Waals surface area contributed by atoms with Gasteiger partial charge in [0.15, 0.2) is 0 Å². The molecule has 0 heterocycles. The summed E-state index contributed by atoms with van der Waals surface area (Å²) in [5.74, 6) is -0.387. The van der Waals surface area contributed by atoms with Gasteiger partial charge in [-0.1, -0.05) is 53.6 Å². The fourth-order valence-electron chi connectivity index (χ4n) is 2.28. The summed E-state index contributed by atoms with van der Waals surface area (Å²) in [6.07, 6.45) is 1.21. The van der Waals surface area contributed by atoms with Crippen molar-refractivity contribution in [2.45, 2.75) is 19.8 Å². The smallest absolute Gasteiger partial charge is 0.144 e. The van der Waals surface area contributed by atoms with Gasteiger partial charge < -0.3 is 5.11 Å². The van der Waals surface area contributed by atoms with E-state index in [0.29, 0.717) is 12.0 Å². The Balaban J connectivity index is 2.09. The summed E-state index contributed by atoms with van der Waals surface area (Å²) in [6, 6.07) is 13.2. The van der Waals surface area contributed by atoms with Crippen LogP contribution in [0.1, 0.15) is 16.7 Å². The first-order valence-electron chi connectivity index (χ1n) is 6.69. The van der Waals surface area contributed by atoms with Crippen LogP contribution in [0.15, 0.2) is 42.5 Å². The van der Waals surface area contributed by atoms with Gasteiger partial charge in [0, 0.05) is 6.61 Å². The van der Waals surface area contributed by atoms with Crippen molar-refractivity contribution in [2.24, 2.45) is 5.92 Å². The molecule has 0 spiro atoms. The third kappa shape index (κ3) is 3.81. The molecule has 0 saturated heterocycles. The summed E-state index contributed by atoms with van der Waals surface area (Å²) in [4.78, 5) is 0. The zero-order valence-corrected chi connectivity index (χ0v) is 12.2. The second-order valence-corrected chi connectivity index (χ2v) is 5.56. The average Bonchev–Trinajstić information content (AvgIpc) is 2.45. The third-order valence-corrected chi connectivity index (χ3v) is 3.74. The van der Waals surface area contributed by atoms with Gasteiger partial charge >= 0.3 is 0 Å². The van der Waals surface area contributed by atoms with E-state index in [9.17, 15) is 9.50 Å². The Labute approximate surface area is 124 Å². The van der Waals surface area contributed by atoms with Crippen LogP contribution < -0.4 is 0 Å². The van der Waals surface area contributed by atoms with Crippen molar-refractivity contribution < 1.29 is 9.50 Å². The van der Waals surface area contributed by atoms with Crippen LogP contribution in [0.4, 0.5) is 4.39 Å². The van der Waals surface area contributed by atoms with E-state index >= 15 is 0 Å². The van der Waals surface area contributed by atoms with Crippen LogP contribution in [-0.2, 0) is 12.8 Å². The van der Waals surface area contributed by atoms with Gasteiger partial charge in [-0.15, -0.1) is 0 Å². The molecule has 3 heteroatoms. The number of hydrogen-bond donors (Lipinski definition) is 1. The monoisotopic (exact) mass is 292 g/mol. The lowest BCUT2D eigenvalue weighted by Gasteiger charge is -2.15. The van der Waals surface area contributed by atoms with E-state index < -0.39 is 0 Å². The molecule has 0 amide bonds. The molecular weight excluding hydrogens is 275 g/mol. The summed E-state index contributed by atoms with van der Waals surface area (Å²) in [6.45, 7) is 2.06. The van der Waals surface area contributed by atoms with Crippen LogP contribution in [0.5, 0.6) is 0 Å². The number of halogens is 2. The maximum absolute atomic E-state index is 13.9. The summed E-state index contributed by atoms with van der Waals surface area (Å²) in [5, 5.41) is 9.64. The maximum atomic E-state index is 13.9. The molecule has 2 rings (SSSR count). The molecule has 106 valence electrons. The van der Waals surface area contributed by atoms with Crippen LogP contribution in [0.25, 0.3) is 0 Å². The zero-order valence-electron chi connectivity index (χ0n) is 11.4. The molecule has 2 aromatic carbocycles. The highest BCUT2D eigenvalue weighted by molar-refractivity contribution is 6.30. The number of benzene rings is 2. The molecule has 0 saturated carbocycles. The fraction of sp³-hybridized carbons (Fsp3) is 0.294. The molecule has 1 atom stereocenters. The third-order valence-electron chi connectivity index (χ3n) is 3.44. The SMILES string of the molecule is Cc1ccc(CC(CO)Cc2cccc(Cl)c2F)cc1. The van der Waals surface area contributed by atoms with E-state index in [1.807, 2.05) is 31.2 Å². The molecule has 20 heavy (non-hydrogen) atoms. The van der Waals surface area contributed by atoms with Crippen molar-refractivity contribution in [1.82, 2.24) is 0 Å². The van der Waals surface area contributed by atoms with Gasteiger partial charge in [0.1, 0.15) is 5.82 Å². The van der Waals surface area contributed by atoms with E-state index in [2.05, 4.69) is 0 Å². The highest BCUT2D eigenvalue weighted by atomic mass is 35.5. The quantitative estimate of drug-likeness (QED) is 0.876. The molecule has 2 aromatic rings. The Morgan fingerprint density at radius 2 is 1.80 bits per heavy atom. The fourth-order valence-corrected chi connectivity index (χ4v) is 2.47. The van der Waals surface area contributed by atoms with E-state index in [4.69, 9.17) is 11.6 Å². The highest BCUT2D eigenvalue weighted by Crippen LogP contribution is 2.22. The van der Waals surface area contributed by atoms with Gasteiger partial charge in [-0.05, 0) is 42.9 Å². The van der Waals surface area contributed by atoms with Crippen molar-refractivity contribution in [3.63, 3.8) is 0 Å². The molecule has 0 aromatic heterocycles. The molecule has 0 aliphatic carbocycles. The number of aryl methyl sites for hydroxylation is 1. The van der Waals surface area contributed by atoms with Crippen LogP contribution >= 0.6 is 11.6 Å². The maximum Gasteiger partial charge on any atom is 0.144 e. The van der Waals surface area contributed by atoms with Gasteiger partial charge in [0.2, 0.25) is 0 Å². The van der Waals surface area contributed by atoms with E-state index in [1.54, 1.807) is 12.1 Å². The first-order chi connectivity index (χ1) is 9.60. The van der Waals surface area contributed by atoms with Crippen molar-refractivity contribution in [3.05, 3.63) is 70.0 Å². The Morgan fingerprint density at radius 3 is 2.45 bits per heavy atom. The Kier molecular flexibility index (Phi) is 5.16. The molecule has 0 aliphatic rings. The number of aliphatic hydroxyl groups is 1. The Morgan fingerprint density at radius 1 is 1.10 bits per heavy atom. The molecule has 0 bridgehead atoms. The van der Waals surface area contributed by atoms with Crippen molar-refractivity contribution in [2.75, 3.05) is 6.61 Å². The van der Waals surface area contributed by atoms with E-state index in [0.717, 1.165) is 12.0 Å². The largest absolute Gasteiger partial charge is 0.396 e. The lowest BCUT2D eigenvalue weighted by Crippen LogP contribution is -2.14. The molecule has 1 N–H and O–H groups in total. The number of aliphatic hydroxyl groups excluding tert-OH is 1. The topological polar surface area (TPSA) is 20.2 Å². The normalized spacial score (nSPS) is 12.4. The summed E-state index contributed by atoms with van der Waals surface area (Å²) >= 11 is 5.78. The van der Waals surface area contributed by atoms with Gasteiger partial charge in [-0.25, -0.2) is 4.39 Å². The van der Waals surface area contributed by atoms with Crippen molar-refractivity contribution >= 4 is 11.6 Å². The van der Waals surface area contributed by atoms with Gasteiger partial charge in [-0.3, -0.25) is 0 Å². The molecule has 0 fully saturated rings. The van der Waals surface area contributed by atoms with E-state index in [-0.39, 0.29) is 23.4 Å². The predicted octanol–water partition coefficient (Wildman–Crippen LogP) is 4.18. The zero-order chi connectivity index (χ0) is 14.5. The van der Waals surface area contributed by atoms with E-state index in [1.165, 1.54) is 11.6 Å². The summed E-state index contributed by atoms with van der Waals surface area (Å²) in [7, 11) is 0. The lowest BCUT2D eigenvalue weighted by molar-refractivity contribution is 0.224. The minimum atomic E-state index is -0.378. The Bertz CT molecular complexity index is 566. The molecule has 0 radical (unpaired) electrons. The minimum Gasteiger partial charge on any atom is -0.396 e. The predicted molar refractivity (Wildman–Crippen MR) is 80.6 cm³/mol. The van der Waals surface area contributed by atoms with Crippen molar-refractivity contribution in [3.8, 4) is 0 Å².